The summed E-state index contributed by atoms with van der Waals surface area (Å²) in [4.78, 5) is 16.6. The molecule has 0 saturated heterocycles. The Balaban J connectivity index is 2.04. The molecule has 0 aromatic carbocycles. The fourth-order valence-electron chi connectivity index (χ4n) is 2.62. The Morgan fingerprint density at radius 3 is 2.90 bits per heavy atom. The molecule has 1 amide bonds. The maximum Gasteiger partial charge on any atom is 0.231 e. The van der Waals surface area contributed by atoms with Crippen LogP contribution in [-0.4, -0.2) is 22.6 Å². The van der Waals surface area contributed by atoms with Gasteiger partial charge in [-0.25, -0.2) is 4.98 Å². The van der Waals surface area contributed by atoms with Crippen LogP contribution in [0.1, 0.15) is 51.0 Å². The highest BCUT2D eigenvalue weighted by atomic mass is 16.2. The van der Waals surface area contributed by atoms with Gasteiger partial charge in [-0.05, 0) is 25.0 Å². The lowest BCUT2D eigenvalue weighted by Crippen LogP contribution is -2.35. The second-order valence-corrected chi connectivity index (χ2v) is 5.78. The lowest BCUT2D eigenvalue weighted by Gasteiger charge is -2.31. The Hall–Kier alpha value is -1.86. The monoisotopic (exact) mass is 286 g/mol. The van der Waals surface area contributed by atoms with Crippen LogP contribution < -0.4 is 5.32 Å². The van der Waals surface area contributed by atoms with E-state index in [1.807, 2.05) is 6.92 Å². The molecule has 1 saturated carbocycles. The van der Waals surface area contributed by atoms with Gasteiger partial charge in [0.05, 0.1) is 6.61 Å². The molecule has 0 bridgehead atoms. The van der Waals surface area contributed by atoms with Gasteiger partial charge >= 0.3 is 0 Å². The van der Waals surface area contributed by atoms with E-state index in [1.165, 1.54) is 6.42 Å². The average Bonchev–Trinajstić information content (AvgIpc) is 2.49. The highest BCUT2D eigenvalue weighted by molar-refractivity contribution is 5.94. The number of rotatable bonds is 3. The smallest absolute Gasteiger partial charge is 0.231 e. The van der Waals surface area contributed by atoms with Crippen molar-refractivity contribution in [1.82, 2.24) is 4.98 Å². The minimum atomic E-state index is -0.279. The summed E-state index contributed by atoms with van der Waals surface area (Å²) < 4.78 is 0. The summed E-state index contributed by atoms with van der Waals surface area (Å²) in [5.74, 6) is 6.40. The molecule has 1 aromatic rings. The largest absolute Gasteiger partial charge is 0.395 e. The fourth-order valence-corrected chi connectivity index (χ4v) is 2.62. The molecule has 4 heteroatoms. The van der Waals surface area contributed by atoms with Crippen LogP contribution in [-0.2, 0) is 4.79 Å². The number of hydrogen-bond donors (Lipinski definition) is 2. The molecule has 112 valence electrons. The molecular weight excluding hydrogens is 264 g/mol. The van der Waals surface area contributed by atoms with Gasteiger partial charge in [0.1, 0.15) is 5.82 Å². The van der Waals surface area contributed by atoms with E-state index in [4.69, 9.17) is 5.11 Å². The van der Waals surface area contributed by atoms with Crippen LogP contribution in [0, 0.1) is 17.3 Å². The summed E-state index contributed by atoms with van der Waals surface area (Å²) in [5, 5.41) is 11.6. The molecule has 1 fully saturated rings. The molecule has 1 aliphatic rings. The van der Waals surface area contributed by atoms with Gasteiger partial charge in [0.2, 0.25) is 5.91 Å². The van der Waals surface area contributed by atoms with Crippen LogP contribution in [0.2, 0.25) is 0 Å². The number of amides is 1. The van der Waals surface area contributed by atoms with Crippen molar-refractivity contribution in [3.05, 3.63) is 23.9 Å². The maximum absolute atomic E-state index is 12.4. The Morgan fingerprint density at radius 1 is 1.43 bits per heavy atom. The van der Waals surface area contributed by atoms with Crippen LogP contribution in [0.5, 0.6) is 0 Å². The fraction of sp³-hybridized carbons (Fsp3) is 0.529. The summed E-state index contributed by atoms with van der Waals surface area (Å²) in [7, 11) is 0. The number of nitrogens with zero attached hydrogens (tertiary/aromatic N) is 1. The number of hydrogen-bond acceptors (Lipinski definition) is 3. The van der Waals surface area contributed by atoms with Crippen LogP contribution in [0.3, 0.4) is 0 Å². The number of nitrogens with one attached hydrogen (secondary N) is 1. The first-order valence-corrected chi connectivity index (χ1v) is 7.51. The number of carbonyl (C=O) groups is 1. The molecule has 0 atom stereocenters. The van der Waals surface area contributed by atoms with Crippen LogP contribution in [0.25, 0.3) is 0 Å². The SMILES string of the molecule is CC1(C(=O)Nc2cc(C#CCCO)ccn2)CCCCC1. The first kappa shape index (κ1) is 15.5. The lowest BCUT2D eigenvalue weighted by molar-refractivity contribution is -0.126. The van der Waals surface area contributed by atoms with Crippen molar-refractivity contribution in [3.63, 3.8) is 0 Å². The summed E-state index contributed by atoms with van der Waals surface area (Å²) >= 11 is 0. The first-order chi connectivity index (χ1) is 10.1. The molecule has 4 nitrogen and oxygen atoms in total. The second kappa shape index (κ2) is 7.24. The number of carbonyl (C=O) groups excluding carboxylic acids is 1. The quantitative estimate of drug-likeness (QED) is 0.840. The van der Waals surface area contributed by atoms with E-state index in [0.717, 1.165) is 31.2 Å². The zero-order chi connectivity index (χ0) is 15.1. The summed E-state index contributed by atoms with van der Waals surface area (Å²) in [6.45, 7) is 2.09. The van der Waals surface area contributed by atoms with Crippen molar-refractivity contribution in [3.8, 4) is 11.8 Å². The van der Waals surface area contributed by atoms with Gasteiger partial charge < -0.3 is 10.4 Å². The van der Waals surface area contributed by atoms with Gasteiger partial charge in [-0.3, -0.25) is 4.79 Å². The molecule has 2 N–H and O–H groups in total. The van der Waals surface area contributed by atoms with Gasteiger partial charge in [-0.2, -0.15) is 0 Å². The summed E-state index contributed by atoms with van der Waals surface area (Å²) in [6.07, 6.45) is 7.42. The van der Waals surface area contributed by atoms with Crippen molar-refractivity contribution in [2.45, 2.75) is 45.4 Å². The molecule has 1 aromatic heterocycles. The van der Waals surface area contributed by atoms with E-state index in [-0.39, 0.29) is 17.9 Å². The van der Waals surface area contributed by atoms with E-state index >= 15 is 0 Å². The molecule has 0 aliphatic heterocycles. The third-order valence-corrected chi connectivity index (χ3v) is 3.98. The zero-order valence-electron chi connectivity index (χ0n) is 12.5. The first-order valence-electron chi connectivity index (χ1n) is 7.51. The summed E-state index contributed by atoms with van der Waals surface area (Å²) in [6, 6.07) is 3.57. The van der Waals surface area contributed by atoms with E-state index < -0.39 is 0 Å². The molecule has 0 radical (unpaired) electrons. The summed E-state index contributed by atoms with van der Waals surface area (Å²) in [5.41, 5.74) is 0.515. The number of aromatic nitrogens is 1. The van der Waals surface area contributed by atoms with E-state index in [9.17, 15) is 4.79 Å². The van der Waals surface area contributed by atoms with E-state index in [1.54, 1.807) is 18.3 Å². The van der Waals surface area contributed by atoms with Crippen LogP contribution in [0.4, 0.5) is 5.82 Å². The average molecular weight is 286 g/mol. The van der Waals surface area contributed by atoms with Crippen LogP contribution >= 0.6 is 0 Å². The Labute approximate surface area is 126 Å². The topological polar surface area (TPSA) is 62.2 Å². The van der Waals surface area contributed by atoms with Gasteiger partial charge in [0, 0.05) is 23.6 Å². The predicted octanol–water partition coefficient (Wildman–Crippen LogP) is 2.72. The van der Waals surface area contributed by atoms with Crippen molar-refractivity contribution < 1.29 is 9.90 Å². The molecule has 0 unspecified atom stereocenters. The van der Waals surface area contributed by atoms with Gasteiger partial charge in [0.15, 0.2) is 0 Å². The third kappa shape index (κ3) is 4.30. The lowest BCUT2D eigenvalue weighted by atomic mass is 9.75. The standard InChI is InChI=1S/C17H22N2O2/c1-17(9-4-2-5-10-17)16(21)19-15-13-14(8-11-18-15)7-3-6-12-20/h8,11,13,20H,2,4-6,9-10,12H2,1H3,(H,18,19,21). The maximum atomic E-state index is 12.4. The zero-order valence-corrected chi connectivity index (χ0v) is 12.5. The molecular formula is C17H22N2O2. The number of aliphatic hydroxyl groups is 1. The number of aliphatic hydroxyl groups excluding tert-OH is 1. The second-order valence-electron chi connectivity index (χ2n) is 5.78. The molecule has 1 heterocycles. The van der Waals surface area contributed by atoms with Crippen molar-refractivity contribution in [2.75, 3.05) is 11.9 Å². The van der Waals surface area contributed by atoms with Crippen molar-refractivity contribution in [1.29, 1.82) is 0 Å². The molecule has 2 rings (SSSR count). The minimum Gasteiger partial charge on any atom is -0.395 e. The number of anilines is 1. The highest BCUT2D eigenvalue weighted by Gasteiger charge is 2.34. The minimum absolute atomic E-state index is 0.0511. The van der Waals surface area contributed by atoms with E-state index in [2.05, 4.69) is 22.1 Å². The Morgan fingerprint density at radius 2 is 2.19 bits per heavy atom. The van der Waals surface area contributed by atoms with Gasteiger partial charge in [0.25, 0.3) is 0 Å². The molecule has 21 heavy (non-hydrogen) atoms. The van der Waals surface area contributed by atoms with Crippen molar-refractivity contribution >= 4 is 11.7 Å². The van der Waals surface area contributed by atoms with Gasteiger partial charge in [-0.1, -0.05) is 38.0 Å². The highest BCUT2D eigenvalue weighted by Crippen LogP contribution is 2.36. The van der Waals surface area contributed by atoms with E-state index in [0.29, 0.717) is 12.2 Å². The number of pyridine rings is 1. The third-order valence-electron chi connectivity index (χ3n) is 3.98. The predicted molar refractivity (Wildman–Crippen MR) is 82.6 cm³/mol. The van der Waals surface area contributed by atoms with Gasteiger partial charge in [-0.15, -0.1) is 0 Å². The molecule has 1 aliphatic carbocycles. The van der Waals surface area contributed by atoms with Crippen LogP contribution in [0.15, 0.2) is 18.3 Å². The molecule has 0 spiro atoms. The Kier molecular flexibility index (Phi) is 5.35. The van der Waals surface area contributed by atoms with Crippen molar-refractivity contribution in [2.24, 2.45) is 5.41 Å². The Bertz CT molecular complexity index is 551. The normalized spacial score (nSPS) is 16.7.